The van der Waals surface area contributed by atoms with E-state index in [2.05, 4.69) is 5.32 Å². The number of rotatable bonds is 7. The molecule has 0 heterocycles. The average Bonchev–Trinajstić information content (AvgIpc) is 2.37. The fourth-order valence-corrected chi connectivity index (χ4v) is 1.39. The number of carbonyl (C=O) groups excluding carboxylic acids is 1. The number of hydrogen-bond acceptors (Lipinski definition) is 3. The van der Waals surface area contributed by atoms with Crippen LogP contribution in [0.1, 0.15) is 19.4 Å². The van der Waals surface area contributed by atoms with E-state index >= 15 is 0 Å². The molecule has 4 nitrogen and oxygen atoms in total. The summed E-state index contributed by atoms with van der Waals surface area (Å²) in [4.78, 5) is 11.6. The van der Waals surface area contributed by atoms with Gasteiger partial charge in [0.1, 0.15) is 6.04 Å². The summed E-state index contributed by atoms with van der Waals surface area (Å²) in [5.41, 5.74) is 6.81. The minimum absolute atomic E-state index is 0.156. The molecule has 0 saturated heterocycles. The Hall–Kier alpha value is -1.39. The van der Waals surface area contributed by atoms with Crippen LogP contribution in [-0.2, 0) is 16.1 Å². The van der Waals surface area contributed by atoms with Gasteiger partial charge in [0.05, 0.1) is 13.2 Å². The molecule has 0 spiro atoms. The van der Waals surface area contributed by atoms with Crippen molar-refractivity contribution in [1.82, 2.24) is 5.32 Å². The van der Waals surface area contributed by atoms with E-state index in [1.54, 1.807) is 0 Å². The summed E-state index contributed by atoms with van der Waals surface area (Å²) in [5, 5.41) is 2.79. The summed E-state index contributed by atoms with van der Waals surface area (Å²) in [5.74, 6) is 0.267. The standard InChI is InChI=1S/C14H22N2O2/c1-11(2)8-16-14(17)13(15)10-18-9-12-6-4-3-5-7-12/h3-7,11,13H,8-10,15H2,1-2H3,(H,16,17)/t13-/m1/s1. The summed E-state index contributed by atoms with van der Waals surface area (Å²) in [6.45, 7) is 5.44. The highest BCUT2D eigenvalue weighted by Crippen LogP contribution is 2.00. The van der Waals surface area contributed by atoms with Gasteiger partial charge in [0.2, 0.25) is 5.91 Å². The Kier molecular flexibility index (Phi) is 6.39. The van der Waals surface area contributed by atoms with Crippen LogP contribution in [0.5, 0.6) is 0 Å². The maximum absolute atomic E-state index is 11.6. The topological polar surface area (TPSA) is 64.4 Å². The van der Waals surface area contributed by atoms with E-state index in [1.165, 1.54) is 0 Å². The van der Waals surface area contributed by atoms with Crippen LogP contribution in [0, 0.1) is 5.92 Å². The highest BCUT2D eigenvalue weighted by Gasteiger charge is 2.13. The molecule has 100 valence electrons. The molecule has 0 radical (unpaired) electrons. The Balaban J connectivity index is 2.20. The molecule has 0 bridgehead atoms. The van der Waals surface area contributed by atoms with Gasteiger partial charge in [0.25, 0.3) is 0 Å². The zero-order valence-corrected chi connectivity index (χ0v) is 11.1. The maximum Gasteiger partial charge on any atom is 0.239 e. The second-order valence-corrected chi connectivity index (χ2v) is 4.75. The molecule has 0 saturated carbocycles. The van der Waals surface area contributed by atoms with Gasteiger partial charge in [0.15, 0.2) is 0 Å². The highest BCUT2D eigenvalue weighted by molar-refractivity contribution is 5.81. The van der Waals surface area contributed by atoms with Crippen LogP contribution in [0.3, 0.4) is 0 Å². The number of hydrogen-bond donors (Lipinski definition) is 2. The molecule has 3 N–H and O–H groups in total. The molecular weight excluding hydrogens is 228 g/mol. The van der Waals surface area contributed by atoms with Crippen molar-refractivity contribution in [3.8, 4) is 0 Å². The van der Waals surface area contributed by atoms with Crippen LogP contribution in [-0.4, -0.2) is 25.1 Å². The van der Waals surface area contributed by atoms with Gasteiger partial charge in [-0.15, -0.1) is 0 Å². The SMILES string of the molecule is CC(C)CNC(=O)[C@H](N)COCc1ccccc1. The molecule has 1 aromatic carbocycles. The van der Waals surface area contributed by atoms with Crippen LogP contribution in [0.25, 0.3) is 0 Å². The molecule has 4 heteroatoms. The molecule has 0 aromatic heterocycles. The molecule has 0 unspecified atom stereocenters. The summed E-state index contributed by atoms with van der Waals surface area (Å²) >= 11 is 0. The van der Waals surface area contributed by atoms with Crippen LogP contribution >= 0.6 is 0 Å². The van der Waals surface area contributed by atoms with Gasteiger partial charge >= 0.3 is 0 Å². The van der Waals surface area contributed by atoms with E-state index in [1.807, 2.05) is 44.2 Å². The third kappa shape index (κ3) is 5.80. The molecule has 0 aliphatic rings. The second kappa shape index (κ2) is 7.84. The Labute approximate surface area is 109 Å². The Morgan fingerprint density at radius 1 is 1.33 bits per heavy atom. The van der Waals surface area contributed by atoms with Crippen molar-refractivity contribution in [2.24, 2.45) is 11.7 Å². The first kappa shape index (κ1) is 14.7. The van der Waals surface area contributed by atoms with Gasteiger partial charge in [-0.05, 0) is 11.5 Å². The first-order valence-corrected chi connectivity index (χ1v) is 6.24. The monoisotopic (exact) mass is 250 g/mol. The number of amides is 1. The van der Waals surface area contributed by atoms with Gasteiger partial charge in [-0.3, -0.25) is 4.79 Å². The van der Waals surface area contributed by atoms with E-state index < -0.39 is 6.04 Å². The van der Waals surface area contributed by atoms with Crippen molar-refractivity contribution in [2.75, 3.05) is 13.2 Å². The first-order valence-electron chi connectivity index (χ1n) is 6.24. The highest BCUT2D eigenvalue weighted by atomic mass is 16.5. The maximum atomic E-state index is 11.6. The van der Waals surface area contributed by atoms with E-state index in [4.69, 9.17) is 10.5 Å². The van der Waals surface area contributed by atoms with Crippen molar-refractivity contribution in [3.63, 3.8) is 0 Å². The van der Waals surface area contributed by atoms with Gasteiger partial charge in [-0.2, -0.15) is 0 Å². The second-order valence-electron chi connectivity index (χ2n) is 4.75. The lowest BCUT2D eigenvalue weighted by molar-refractivity contribution is -0.123. The fraction of sp³-hybridized carbons (Fsp3) is 0.500. The molecule has 1 aromatic rings. The molecule has 1 rings (SSSR count). The summed E-state index contributed by atoms with van der Waals surface area (Å²) in [6.07, 6.45) is 0. The summed E-state index contributed by atoms with van der Waals surface area (Å²) < 4.78 is 5.42. The molecule has 0 aliphatic heterocycles. The van der Waals surface area contributed by atoms with Crippen molar-refractivity contribution in [3.05, 3.63) is 35.9 Å². The van der Waals surface area contributed by atoms with Crippen LogP contribution in [0.15, 0.2) is 30.3 Å². The predicted molar refractivity (Wildman–Crippen MR) is 71.9 cm³/mol. The van der Waals surface area contributed by atoms with Crippen LogP contribution < -0.4 is 11.1 Å². The molecule has 18 heavy (non-hydrogen) atoms. The van der Waals surface area contributed by atoms with Gasteiger partial charge in [-0.25, -0.2) is 0 Å². The lowest BCUT2D eigenvalue weighted by atomic mass is 10.2. The number of nitrogens with one attached hydrogen (secondary N) is 1. The largest absolute Gasteiger partial charge is 0.375 e. The molecule has 1 amide bonds. The van der Waals surface area contributed by atoms with Gasteiger partial charge < -0.3 is 15.8 Å². The Morgan fingerprint density at radius 3 is 2.61 bits per heavy atom. The number of nitrogens with two attached hydrogens (primary N) is 1. The third-order valence-electron chi connectivity index (χ3n) is 2.43. The van der Waals surface area contributed by atoms with Crippen molar-refractivity contribution >= 4 is 5.91 Å². The van der Waals surface area contributed by atoms with E-state index in [9.17, 15) is 4.79 Å². The van der Waals surface area contributed by atoms with Crippen molar-refractivity contribution < 1.29 is 9.53 Å². The molecule has 0 fully saturated rings. The van der Waals surface area contributed by atoms with E-state index in [0.29, 0.717) is 19.1 Å². The lowest BCUT2D eigenvalue weighted by Gasteiger charge is -2.13. The fourth-order valence-electron chi connectivity index (χ4n) is 1.39. The molecular formula is C14H22N2O2. The minimum Gasteiger partial charge on any atom is -0.375 e. The lowest BCUT2D eigenvalue weighted by Crippen LogP contribution is -2.44. The van der Waals surface area contributed by atoms with Gasteiger partial charge in [-0.1, -0.05) is 44.2 Å². The molecule has 0 aliphatic carbocycles. The zero-order chi connectivity index (χ0) is 13.4. The van der Waals surface area contributed by atoms with E-state index in [0.717, 1.165) is 5.56 Å². The minimum atomic E-state index is -0.604. The summed E-state index contributed by atoms with van der Waals surface area (Å²) in [6, 6.07) is 9.21. The summed E-state index contributed by atoms with van der Waals surface area (Å²) in [7, 11) is 0. The number of benzene rings is 1. The average molecular weight is 250 g/mol. The first-order chi connectivity index (χ1) is 8.59. The smallest absolute Gasteiger partial charge is 0.239 e. The van der Waals surface area contributed by atoms with Crippen LogP contribution in [0.4, 0.5) is 0 Å². The Bertz CT molecular complexity index is 352. The third-order valence-corrected chi connectivity index (χ3v) is 2.43. The number of ether oxygens (including phenoxy) is 1. The zero-order valence-electron chi connectivity index (χ0n) is 11.1. The Morgan fingerprint density at radius 2 is 2.00 bits per heavy atom. The molecule has 1 atom stereocenters. The predicted octanol–water partition coefficient (Wildman–Crippen LogP) is 1.30. The van der Waals surface area contributed by atoms with E-state index in [-0.39, 0.29) is 12.5 Å². The normalized spacial score (nSPS) is 12.4. The van der Waals surface area contributed by atoms with Gasteiger partial charge in [0, 0.05) is 6.54 Å². The van der Waals surface area contributed by atoms with Crippen molar-refractivity contribution in [1.29, 1.82) is 0 Å². The number of carbonyl (C=O) groups is 1. The quantitative estimate of drug-likeness (QED) is 0.766. The van der Waals surface area contributed by atoms with Crippen molar-refractivity contribution in [2.45, 2.75) is 26.5 Å². The van der Waals surface area contributed by atoms with Crippen LogP contribution in [0.2, 0.25) is 0 Å².